The highest BCUT2D eigenvalue weighted by molar-refractivity contribution is 7.99. The van der Waals surface area contributed by atoms with Crippen LogP contribution in [0.1, 0.15) is 25.1 Å². The molecule has 1 N–H and O–H groups in total. The van der Waals surface area contributed by atoms with Crippen LogP contribution in [0.15, 0.2) is 35.4 Å². The average Bonchev–Trinajstić information content (AvgIpc) is 2.79. The van der Waals surface area contributed by atoms with Gasteiger partial charge in [0.2, 0.25) is 0 Å². The van der Waals surface area contributed by atoms with Crippen molar-refractivity contribution in [2.45, 2.75) is 24.3 Å². The fraction of sp³-hybridized carbons (Fsp3) is 0.400. The molecule has 0 saturated carbocycles. The quantitative estimate of drug-likeness (QED) is 0.778. The third kappa shape index (κ3) is 4.46. The molecule has 0 aliphatic heterocycles. The fourth-order valence-corrected chi connectivity index (χ4v) is 3.40. The van der Waals surface area contributed by atoms with Crippen molar-refractivity contribution in [2.75, 3.05) is 12.3 Å². The molecule has 21 heavy (non-hydrogen) atoms. The van der Waals surface area contributed by atoms with Crippen molar-refractivity contribution < 1.29 is 4.39 Å². The zero-order valence-electron chi connectivity index (χ0n) is 12.1. The molecule has 1 heterocycles. The number of aryl methyl sites for hydroxylation is 1. The maximum absolute atomic E-state index is 13.2. The smallest absolute Gasteiger partial charge is 0.124 e. The Balaban J connectivity index is 2.10. The van der Waals surface area contributed by atoms with E-state index in [-0.39, 0.29) is 11.9 Å². The van der Waals surface area contributed by atoms with Gasteiger partial charge in [0.05, 0.1) is 23.0 Å². The molecule has 1 aromatic heterocycles. The van der Waals surface area contributed by atoms with Crippen molar-refractivity contribution in [2.24, 2.45) is 7.05 Å². The molecule has 1 atom stereocenters. The van der Waals surface area contributed by atoms with Crippen LogP contribution in [0.3, 0.4) is 0 Å². The summed E-state index contributed by atoms with van der Waals surface area (Å²) in [5, 5.41) is 8.33. The minimum Gasteiger partial charge on any atom is -0.308 e. The summed E-state index contributed by atoms with van der Waals surface area (Å²) in [4.78, 5) is 0.914. The number of thioether (sulfide) groups is 1. The van der Waals surface area contributed by atoms with E-state index in [1.807, 2.05) is 13.1 Å². The van der Waals surface area contributed by atoms with Gasteiger partial charge < -0.3 is 5.32 Å². The van der Waals surface area contributed by atoms with Crippen molar-refractivity contribution in [1.82, 2.24) is 15.1 Å². The van der Waals surface area contributed by atoms with Crippen molar-refractivity contribution in [3.8, 4) is 0 Å². The Kier molecular flexibility index (Phi) is 6.08. The highest BCUT2D eigenvalue weighted by Crippen LogP contribution is 2.28. The standard InChI is InChI=1S/C15H19ClFN3S/c1-3-7-18-14(15-13(16)9-19-20(15)2)10-21-12-6-4-5-11(17)8-12/h4-6,8-9,14,18H,3,7,10H2,1-2H3. The summed E-state index contributed by atoms with van der Waals surface area (Å²) in [5.74, 6) is 0.555. The first-order valence-electron chi connectivity index (χ1n) is 6.91. The molecule has 0 spiro atoms. The third-order valence-electron chi connectivity index (χ3n) is 3.12. The lowest BCUT2D eigenvalue weighted by Crippen LogP contribution is -2.26. The molecular weight excluding hydrogens is 309 g/mol. The lowest BCUT2D eigenvalue weighted by atomic mass is 10.2. The van der Waals surface area contributed by atoms with E-state index in [0.29, 0.717) is 5.02 Å². The number of hydrogen-bond donors (Lipinski definition) is 1. The van der Waals surface area contributed by atoms with Crippen molar-refractivity contribution in [3.63, 3.8) is 0 Å². The Hall–Kier alpha value is -1.04. The van der Waals surface area contributed by atoms with Crippen molar-refractivity contribution >= 4 is 23.4 Å². The van der Waals surface area contributed by atoms with Crippen molar-refractivity contribution in [3.05, 3.63) is 47.0 Å². The molecule has 0 amide bonds. The van der Waals surface area contributed by atoms with Crippen LogP contribution < -0.4 is 5.32 Å². The third-order valence-corrected chi connectivity index (χ3v) is 4.50. The molecule has 2 rings (SSSR count). The largest absolute Gasteiger partial charge is 0.308 e. The second-order valence-corrected chi connectivity index (χ2v) is 6.28. The molecule has 0 aliphatic rings. The summed E-state index contributed by atoms with van der Waals surface area (Å²) in [5.41, 5.74) is 0.967. The van der Waals surface area contributed by atoms with Gasteiger partial charge >= 0.3 is 0 Å². The van der Waals surface area contributed by atoms with Crippen LogP contribution in [-0.2, 0) is 7.05 Å². The zero-order chi connectivity index (χ0) is 15.2. The van der Waals surface area contributed by atoms with Gasteiger partial charge in [-0.1, -0.05) is 24.6 Å². The minimum atomic E-state index is -0.211. The summed E-state index contributed by atoms with van der Waals surface area (Å²) in [7, 11) is 1.88. The first-order valence-corrected chi connectivity index (χ1v) is 8.27. The molecule has 0 radical (unpaired) electrons. The Morgan fingerprint density at radius 1 is 1.48 bits per heavy atom. The van der Waals surface area contributed by atoms with E-state index >= 15 is 0 Å². The summed E-state index contributed by atoms with van der Waals surface area (Å²) < 4.78 is 15.0. The number of nitrogens with one attached hydrogen (secondary N) is 1. The Morgan fingerprint density at radius 2 is 2.29 bits per heavy atom. The van der Waals surface area contributed by atoms with E-state index < -0.39 is 0 Å². The van der Waals surface area contributed by atoms with Crippen LogP contribution in [0.4, 0.5) is 4.39 Å². The van der Waals surface area contributed by atoms with Gasteiger partial charge in [-0.3, -0.25) is 4.68 Å². The van der Waals surface area contributed by atoms with Gasteiger partial charge in [-0.25, -0.2) is 4.39 Å². The number of aromatic nitrogens is 2. The molecule has 6 heteroatoms. The van der Waals surface area contributed by atoms with Gasteiger partial charge in [0.15, 0.2) is 0 Å². The van der Waals surface area contributed by atoms with Gasteiger partial charge in [-0.15, -0.1) is 11.8 Å². The van der Waals surface area contributed by atoms with Gasteiger partial charge in [-0.05, 0) is 31.2 Å². The normalized spacial score (nSPS) is 12.6. The monoisotopic (exact) mass is 327 g/mol. The number of nitrogens with zero attached hydrogens (tertiary/aromatic N) is 2. The topological polar surface area (TPSA) is 29.9 Å². The van der Waals surface area contributed by atoms with Gasteiger partial charge in [0.25, 0.3) is 0 Å². The second kappa shape index (κ2) is 7.82. The SMILES string of the molecule is CCCNC(CSc1cccc(F)c1)c1c(Cl)cnn1C. The first kappa shape index (κ1) is 16.3. The number of rotatable bonds is 7. The minimum absolute atomic E-state index is 0.0817. The predicted molar refractivity (Wildman–Crippen MR) is 86.4 cm³/mol. The van der Waals surface area contributed by atoms with Crippen LogP contribution in [0, 0.1) is 5.82 Å². The highest BCUT2D eigenvalue weighted by Gasteiger charge is 2.18. The lowest BCUT2D eigenvalue weighted by molar-refractivity contribution is 0.535. The van der Waals surface area contributed by atoms with E-state index in [1.54, 1.807) is 34.8 Å². The summed E-state index contributed by atoms with van der Waals surface area (Å²) >= 11 is 7.84. The number of hydrogen-bond acceptors (Lipinski definition) is 3. The van der Waals surface area contributed by atoms with Crippen LogP contribution in [0.5, 0.6) is 0 Å². The van der Waals surface area contributed by atoms with Crippen LogP contribution >= 0.6 is 23.4 Å². The lowest BCUT2D eigenvalue weighted by Gasteiger charge is -2.19. The van der Waals surface area contributed by atoms with E-state index in [0.717, 1.165) is 29.3 Å². The number of benzene rings is 1. The molecule has 1 unspecified atom stereocenters. The summed E-state index contributed by atoms with van der Waals surface area (Å²) in [6.07, 6.45) is 2.70. The molecule has 2 aromatic rings. The molecular formula is C15H19ClFN3S. The van der Waals surface area contributed by atoms with Gasteiger partial charge in [0, 0.05) is 17.7 Å². The number of halogens is 2. The van der Waals surface area contributed by atoms with Crippen LogP contribution in [-0.4, -0.2) is 22.1 Å². The van der Waals surface area contributed by atoms with Crippen LogP contribution in [0.2, 0.25) is 5.02 Å². The summed E-state index contributed by atoms with van der Waals surface area (Å²) in [6.45, 7) is 3.02. The molecule has 3 nitrogen and oxygen atoms in total. The van der Waals surface area contributed by atoms with Gasteiger partial charge in [0.1, 0.15) is 5.82 Å². The first-order chi connectivity index (χ1) is 10.1. The maximum atomic E-state index is 13.2. The van der Waals surface area contributed by atoms with E-state index in [2.05, 4.69) is 17.3 Å². The Labute approximate surface area is 133 Å². The fourth-order valence-electron chi connectivity index (χ4n) is 2.10. The molecule has 0 aliphatic carbocycles. The van der Waals surface area contributed by atoms with Gasteiger partial charge in [-0.2, -0.15) is 5.10 Å². The van der Waals surface area contributed by atoms with E-state index in [9.17, 15) is 4.39 Å². The Bertz CT molecular complexity index is 569. The van der Waals surface area contributed by atoms with E-state index in [1.165, 1.54) is 6.07 Å². The molecule has 0 saturated heterocycles. The zero-order valence-corrected chi connectivity index (χ0v) is 13.7. The molecule has 0 fully saturated rings. The maximum Gasteiger partial charge on any atom is 0.124 e. The highest BCUT2D eigenvalue weighted by atomic mass is 35.5. The van der Waals surface area contributed by atoms with Crippen molar-refractivity contribution in [1.29, 1.82) is 0 Å². The predicted octanol–water partition coefficient (Wildman–Crippen LogP) is 4.05. The molecule has 114 valence electrons. The summed E-state index contributed by atoms with van der Waals surface area (Å²) in [6, 6.07) is 6.72. The van der Waals surface area contributed by atoms with E-state index in [4.69, 9.17) is 11.6 Å². The Morgan fingerprint density at radius 3 is 2.90 bits per heavy atom. The molecule has 0 bridgehead atoms. The average molecular weight is 328 g/mol. The second-order valence-electron chi connectivity index (χ2n) is 4.78. The molecule has 1 aromatic carbocycles. The van der Waals surface area contributed by atoms with Crippen LogP contribution in [0.25, 0.3) is 0 Å².